The Hall–Kier alpha value is -3.86. The predicted octanol–water partition coefficient (Wildman–Crippen LogP) is 2.09. The SMILES string of the molecule is COc1cc(C(=O)NC(=S)N2CCNC(=O)C2CC(=O)OCCCc2ccccc2)cc(OC)c1OC. The fraction of sp³-hybridized carbons (Fsp3) is 0.385. The highest BCUT2D eigenvalue weighted by atomic mass is 32.1. The van der Waals surface area contributed by atoms with Gasteiger partial charge in [0.05, 0.1) is 34.4 Å². The van der Waals surface area contributed by atoms with Crippen molar-refractivity contribution in [2.24, 2.45) is 0 Å². The first-order valence-corrected chi connectivity index (χ1v) is 12.2. The Morgan fingerprint density at radius 1 is 1.08 bits per heavy atom. The molecule has 2 amide bonds. The van der Waals surface area contributed by atoms with Gasteiger partial charge in [0.25, 0.3) is 5.91 Å². The van der Waals surface area contributed by atoms with Crippen molar-refractivity contribution in [3.63, 3.8) is 0 Å². The number of piperazine rings is 1. The standard InChI is InChI=1S/C26H31N3O7S/c1-33-20-14-18(15-21(34-2)23(20)35-3)24(31)28-26(37)29-12-11-27-25(32)19(29)16-22(30)36-13-7-10-17-8-5-4-6-9-17/h4-6,8-9,14-15,19H,7,10-13,16H2,1-3H3,(H,27,32)(H,28,31,37). The van der Waals surface area contributed by atoms with E-state index in [-0.39, 0.29) is 29.6 Å². The number of amides is 2. The van der Waals surface area contributed by atoms with Crippen LogP contribution in [0.15, 0.2) is 42.5 Å². The van der Waals surface area contributed by atoms with E-state index in [2.05, 4.69) is 10.6 Å². The monoisotopic (exact) mass is 529 g/mol. The zero-order chi connectivity index (χ0) is 26.8. The second-order valence-corrected chi connectivity index (χ2v) is 8.57. The van der Waals surface area contributed by atoms with Crippen molar-refractivity contribution >= 4 is 35.1 Å². The first kappa shape index (κ1) is 27.7. The van der Waals surface area contributed by atoms with Crippen LogP contribution in [0.1, 0.15) is 28.8 Å². The summed E-state index contributed by atoms with van der Waals surface area (Å²) in [5, 5.41) is 5.39. The molecule has 37 heavy (non-hydrogen) atoms. The lowest BCUT2D eigenvalue weighted by molar-refractivity contribution is -0.147. The second kappa shape index (κ2) is 13.4. The quantitative estimate of drug-likeness (QED) is 0.271. The van der Waals surface area contributed by atoms with Crippen molar-refractivity contribution in [3.8, 4) is 17.2 Å². The number of nitrogens with zero attached hydrogens (tertiary/aromatic N) is 1. The molecule has 2 aromatic rings. The van der Waals surface area contributed by atoms with Crippen LogP contribution < -0.4 is 24.8 Å². The largest absolute Gasteiger partial charge is 0.493 e. The van der Waals surface area contributed by atoms with Crippen LogP contribution in [0.3, 0.4) is 0 Å². The van der Waals surface area contributed by atoms with E-state index in [0.717, 1.165) is 12.0 Å². The van der Waals surface area contributed by atoms with Gasteiger partial charge in [-0.15, -0.1) is 0 Å². The number of carbonyl (C=O) groups excluding carboxylic acids is 3. The molecule has 1 aliphatic rings. The van der Waals surface area contributed by atoms with Gasteiger partial charge in [0.2, 0.25) is 11.7 Å². The highest BCUT2D eigenvalue weighted by Gasteiger charge is 2.34. The molecule has 0 aliphatic carbocycles. The molecular formula is C26H31N3O7S. The van der Waals surface area contributed by atoms with Gasteiger partial charge < -0.3 is 29.2 Å². The van der Waals surface area contributed by atoms with Gasteiger partial charge in [0.1, 0.15) is 6.04 Å². The van der Waals surface area contributed by atoms with Crippen LogP contribution in [0.25, 0.3) is 0 Å². The fourth-order valence-electron chi connectivity index (χ4n) is 3.94. The predicted molar refractivity (Wildman–Crippen MR) is 140 cm³/mol. The number of aryl methyl sites for hydroxylation is 1. The number of thiocarbonyl (C=S) groups is 1. The lowest BCUT2D eigenvalue weighted by Gasteiger charge is -2.36. The van der Waals surface area contributed by atoms with Crippen LogP contribution in [0.2, 0.25) is 0 Å². The van der Waals surface area contributed by atoms with E-state index in [1.54, 1.807) is 0 Å². The number of methoxy groups -OCH3 is 3. The maximum atomic E-state index is 13.0. The molecule has 1 fully saturated rings. The summed E-state index contributed by atoms with van der Waals surface area (Å²) in [6.07, 6.45) is 1.25. The van der Waals surface area contributed by atoms with Gasteiger partial charge in [-0.2, -0.15) is 0 Å². The molecule has 2 N–H and O–H groups in total. The summed E-state index contributed by atoms with van der Waals surface area (Å²) < 4.78 is 21.2. The number of ether oxygens (including phenoxy) is 4. The molecule has 11 heteroatoms. The second-order valence-electron chi connectivity index (χ2n) is 8.19. The molecule has 1 aliphatic heterocycles. The number of esters is 1. The smallest absolute Gasteiger partial charge is 0.308 e. The topological polar surface area (TPSA) is 115 Å². The molecule has 198 valence electrons. The van der Waals surface area contributed by atoms with E-state index in [9.17, 15) is 14.4 Å². The van der Waals surface area contributed by atoms with Crippen LogP contribution in [0, 0.1) is 0 Å². The summed E-state index contributed by atoms with van der Waals surface area (Å²) in [7, 11) is 4.35. The average Bonchev–Trinajstić information content (AvgIpc) is 2.91. The normalized spacial score (nSPS) is 14.8. The van der Waals surface area contributed by atoms with Gasteiger partial charge >= 0.3 is 5.97 Å². The Morgan fingerprint density at radius 2 is 1.76 bits per heavy atom. The Kier molecular flexibility index (Phi) is 10.1. The Labute approximate surface area is 221 Å². The summed E-state index contributed by atoms with van der Waals surface area (Å²) in [6, 6.07) is 12.0. The van der Waals surface area contributed by atoms with E-state index >= 15 is 0 Å². The summed E-state index contributed by atoms with van der Waals surface area (Å²) in [6.45, 7) is 0.887. The minimum atomic E-state index is -0.900. The van der Waals surface area contributed by atoms with Crippen molar-refractivity contribution in [2.45, 2.75) is 25.3 Å². The van der Waals surface area contributed by atoms with E-state index in [1.165, 1.54) is 38.4 Å². The summed E-state index contributed by atoms with van der Waals surface area (Å²) >= 11 is 5.44. The molecule has 0 radical (unpaired) electrons. The van der Waals surface area contributed by atoms with Crippen LogP contribution in [-0.4, -0.2) is 74.9 Å². The van der Waals surface area contributed by atoms with E-state index in [4.69, 9.17) is 31.2 Å². The average molecular weight is 530 g/mol. The third-order valence-electron chi connectivity index (χ3n) is 5.81. The van der Waals surface area contributed by atoms with Crippen molar-refractivity contribution in [1.29, 1.82) is 0 Å². The molecule has 1 saturated heterocycles. The highest BCUT2D eigenvalue weighted by molar-refractivity contribution is 7.80. The number of nitrogens with one attached hydrogen (secondary N) is 2. The van der Waals surface area contributed by atoms with Gasteiger partial charge in [0.15, 0.2) is 16.6 Å². The number of hydrogen-bond acceptors (Lipinski definition) is 8. The molecule has 0 saturated carbocycles. The van der Waals surface area contributed by atoms with Gasteiger partial charge in [0, 0.05) is 18.7 Å². The van der Waals surface area contributed by atoms with Crippen molar-refractivity contribution in [1.82, 2.24) is 15.5 Å². The first-order chi connectivity index (χ1) is 17.9. The first-order valence-electron chi connectivity index (χ1n) is 11.8. The molecule has 2 aromatic carbocycles. The minimum Gasteiger partial charge on any atom is -0.493 e. The molecule has 1 heterocycles. The van der Waals surface area contributed by atoms with Crippen LogP contribution >= 0.6 is 12.2 Å². The van der Waals surface area contributed by atoms with Crippen molar-refractivity contribution < 1.29 is 33.3 Å². The van der Waals surface area contributed by atoms with Gasteiger partial charge in [-0.25, -0.2) is 0 Å². The molecule has 0 bridgehead atoms. The fourth-order valence-corrected chi connectivity index (χ4v) is 4.25. The Morgan fingerprint density at radius 3 is 2.38 bits per heavy atom. The number of hydrogen-bond donors (Lipinski definition) is 2. The third kappa shape index (κ3) is 7.32. The third-order valence-corrected chi connectivity index (χ3v) is 6.15. The van der Waals surface area contributed by atoms with E-state index in [1.807, 2.05) is 30.3 Å². The molecule has 0 aromatic heterocycles. The zero-order valence-corrected chi connectivity index (χ0v) is 21.9. The van der Waals surface area contributed by atoms with Crippen LogP contribution in [0.5, 0.6) is 17.2 Å². The van der Waals surface area contributed by atoms with E-state index in [0.29, 0.717) is 36.8 Å². The lowest BCUT2D eigenvalue weighted by Crippen LogP contribution is -2.60. The summed E-state index contributed by atoms with van der Waals surface area (Å²) in [5.74, 6) is -0.446. The number of carbonyl (C=O) groups is 3. The molecule has 3 rings (SSSR count). The Bertz CT molecular complexity index is 1100. The van der Waals surface area contributed by atoms with Crippen LogP contribution in [0.4, 0.5) is 0 Å². The summed E-state index contributed by atoms with van der Waals surface area (Å²) in [5.41, 5.74) is 1.37. The van der Waals surface area contributed by atoms with Gasteiger partial charge in [-0.05, 0) is 42.8 Å². The van der Waals surface area contributed by atoms with Crippen molar-refractivity contribution in [2.75, 3.05) is 41.0 Å². The number of benzene rings is 2. The van der Waals surface area contributed by atoms with E-state index < -0.39 is 17.9 Å². The van der Waals surface area contributed by atoms with Gasteiger partial charge in [-0.3, -0.25) is 19.7 Å². The highest BCUT2D eigenvalue weighted by Crippen LogP contribution is 2.38. The maximum Gasteiger partial charge on any atom is 0.308 e. The maximum absolute atomic E-state index is 13.0. The molecule has 0 spiro atoms. The van der Waals surface area contributed by atoms with Gasteiger partial charge in [-0.1, -0.05) is 30.3 Å². The Balaban J connectivity index is 1.60. The minimum absolute atomic E-state index is 0.0236. The zero-order valence-electron chi connectivity index (χ0n) is 21.1. The molecular weight excluding hydrogens is 498 g/mol. The lowest BCUT2D eigenvalue weighted by atomic mass is 10.1. The van der Waals surface area contributed by atoms with Crippen molar-refractivity contribution in [3.05, 3.63) is 53.6 Å². The molecule has 1 atom stereocenters. The number of rotatable bonds is 10. The summed E-state index contributed by atoms with van der Waals surface area (Å²) in [4.78, 5) is 39.5. The molecule has 10 nitrogen and oxygen atoms in total. The molecule has 1 unspecified atom stereocenters. The van der Waals surface area contributed by atoms with Crippen LogP contribution in [-0.2, 0) is 20.7 Å².